The molecule has 7 heteroatoms. The van der Waals surface area contributed by atoms with Crippen LogP contribution in [0.25, 0.3) is 0 Å². The van der Waals surface area contributed by atoms with E-state index >= 15 is 0 Å². The third-order valence-electron chi connectivity index (χ3n) is 5.89. The van der Waals surface area contributed by atoms with Gasteiger partial charge in [-0.1, -0.05) is 19.3 Å². The van der Waals surface area contributed by atoms with E-state index in [1.165, 1.54) is 38.2 Å². The summed E-state index contributed by atoms with van der Waals surface area (Å²) in [6, 6.07) is 3.34. The fourth-order valence-corrected chi connectivity index (χ4v) is 4.26. The maximum atomic E-state index is 14.0. The van der Waals surface area contributed by atoms with Gasteiger partial charge < -0.3 is 20.3 Å². The van der Waals surface area contributed by atoms with E-state index in [0.717, 1.165) is 64.4 Å². The summed E-state index contributed by atoms with van der Waals surface area (Å²) in [5.74, 6) is 1.04. The molecule has 1 saturated heterocycles. The van der Waals surface area contributed by atoms with Crippen LogP contribution in [-0.4, -0.2) is 55.9 Å². The van der Waals surface area contributed by atoms with E-state index in [2.05, 4.69) is 22.5 Å². The van der Waals surface area contributed by atoms with Gasteiger partial charge in [-0.2, -0.15) is 0 Å². The molecule has 0 amide bonds. The lowest BCUT2D eigenvalue weighted by Gasteiger charge is -2.21. The zero-order chi connectivity index (χ0) is 21.0. The second-order valence-corrected chi connectivity index (χ2v) is 8.34. The van der Waals surface area contributed by atoms with E-state index in [1.54, 1.807) is 12.3 Å². The standard InChI is InChI=1S/C23H38FN5O/c1-2-25-23(27-14-7-4-8-17-30-20-10-5-3-6-11-20)28-19-13-16-29(18-19)22-21(24)12-9-15-26-22/h9,12,15,19-20H,2-8,10-11,13-14,16-18H2,1H3,(H2,25,27,28). The fraction of sp³-hybridized carbons (Fsp3) is 0.739. The predicted molar refractivity (Wildman–Crippen MR) is 121 cm³/mol. The molecule has 2 aliphatic rings. The number of anilines is 1. The average molecular weight is 420 g/mol. The molecule has 1 saturated carbocycles. The van der Waals surface area contributed by atoms with E-state index in [4.69, 9.17) is 9.73 Å². The molecular formula is C23H38FN5O. The third kappa shape index (κ3) is 7.42. The lowest BCUT2D eigenvalue weighted by atomic mass is 9.98. The van der Waals surface area contributed by atoms with Gasteiger partial charge >= 0.3 is 0 Å². The molecule has 1 aromatic rings. The van der Waals surface area contributed by atoms with Crippen molar-refractivity contribution in [3.63, 3.8) is 0 Å². The lowest BCUT2D eigenvalue weighted by molar-refractivity contribution is 0.0264. The van der Waals surface area contributed by atoms with E-state index in [-0.39, 0.29) is 11.9 Å². The van der Waals surface area contributed by atoms with Crippen LogP contribution >= 0.6 is 0 Å². The van der Waals surface area contributed by atoms with Crippen molar-refractivity contribution in [1.82, 2.24) is 15.6 Å². The molecule has 0 bridgehead atoms. The first kappa shape index (κ1) is 22.8. The minimum absolute atomic E-state index is 0.244. The van der Waals surface area contributed by atoms with Gasteiger partial charge in [-0.05, 0) is 57.6 Å². The first-order valence-corrected chi connectivity index (χ1v) is 11.8. The number of pyridine rings is 1. The Morgan fingerprint density at radius 3 is 2.90 bits per heavy atom. The molecule has 168 valence electrons. The molecule has 0 spiro atoms. The van der Waals surface area contributed by atoms with Gasteiger partial charge in [0.05, 0.1) is 6.10 Å². The van der Waals surface area contributed by atoms with Crippen LogP contribution in [0.2, 0.25) is 0 Å². The Bertz CT molecular complexity index is 650. The molecule has 0 aromatic carbocycles. The summed E-state index contributed by atoms with van der Waals surface area (Å²) in [7, 11) is 0. The van der Waals surface area contributed by atoms with Crippen molar-refractivity contribution in [2.45, 2.75) is 76.9 Å². The molecule has 2 heterocycles. The van der Waals surface area contributed by atoms with Crippen molar-refractivity contribution in [3.8, 4) is 0 Å². The second-order valence-electron chi connectivity index (χ2n) is 8.34. The number of nitrogens with zero attached hydrogens (tertiary/aromatic N) is 3. The molecule has 1 atom stereocenters. The minimum atomic E-state index is -0.258. The predicted octanol–water partition coefficient (Wildman–Crippen LogP) is 3.87. The van der Waals surface area contributed by atoms with E-state index in [1.807, 2.05) is 4.90 Å². The van der Waals surface area contributed by atoms with Gasteiger partial charge in [0.25, 0.3) is 0 Å². The van der Waals surface area contributed by atoms with Crippen molar-refractivity contribution in [2.75, 3.05) is 37.7 Å². The number of hydrogen-bond donors (Lipinski definition) is 2. The summed E-state index contributed by atoms with van der Waals surface area (Å²) in [6.45, 7) is 6.12. The Labute approximate surface area is 180 Å². The van der Waals surface area contributed by atoms with Crippen LogP contribution in [0.15, 0.2) is 23.3 Å². The molecule has 0 radical (unpaired) electrons. The molecule has 1 unspecified atom stereocenters. The van der Waals surface area contributed by atoms with Gasteiger partial charge in [0.1, 0.15) is 0 Å². The average Bonchev–Trinajstić information content (AvgIpc) is 3.22. The monoisotopic (exact) mass is 419 g/mol. The Morgan fingerprint density at radius 2 is 2.10 bits per heavy atom. The van der Waals surface area contributed by atoms with Gasteiger partial charge in [-0.15, -0.1) is 0 Å². The number of guanidine groups is 1. The van der Waals surface area contributed by atoms with Crippen LogP contribution in [0, 0.1) is 5.82 Å². The normalized spacial score (nSPS) is 20.5. The van der Waals surface area contributed by atoms with Crippen molar-refractivity contribution >= 4 is 11.8 Å². The molecule has 1 aliphatic heterocycles. The third-order valence-corrected chi connectivity index (χ3v) is 5.89. The first-order valence-electron chi connectivity index (χ1n) is 11.8. The van der Waals surface area contributed by atoms with Crippen LogP contribution in [-0.2, 0) is 4.74 Å². The zero-order valence-electron chi connectivity index (χ0n) is 18.4. The quantitative estimate of drug-likeness (QED) is 0.342. The molecule has 1 aromatic heterocycles. The Kier molecular flexibility index (Phi) is 9.67. The Hall–Kier alpha value is -1.89. The molecule has 3 rings (SSSR count). The van der Waals surface area contributed by atoms with Crippen LogP contribution < -0.4 is 15.5 Å². The maximum absolute atomic E-state index is 14.0. The van der Waals surface area contributed by atoms with Crippen molar-refractivity contribution in [2.24, 2.45) is 4.99 Å². The summed E-state index contributed by atoms with van der Waals surface area (Å²) < 4.78 is 20.0. The molecular weight excluding hydrogens is 381 g/mol. The molecule has 6 nitrogen and oxygen atoms in total. The fourth-order valence-electron chi connectivity index (χ4n) is 4.26. The van der Waals surface area contributed by atoms with Gasteiger partial charge in [0, 0.05) is 45.0 Å². The van der Waals surface area contributed by atoms with Crippen molar-refractivity contribution in [3.05, 3.63) is 24.1 Å². The first-order chi connectivity index (χ1) is 14.8. The number of aliphatic imine (C=N–C) groups is 1. The van der Waals surface area contributed by atoms with Gasteiger partial charge in [-0.3, -0.25) is 4.99 Å². The lowest BCUT2D eigenvalue weighted by Crippen LogP contribution is -2.44. The van der Waals surface area contributed by atoms with Crippen molar-refractivity contribution < 1.29 is 9.13 Å². The SMILES string of the molecule is CCNC(=NCCCCCOC1CCCCC1)NC1CCN(c2ncccc2F)C1. The highest BCUT2D eigenvalue weighted by atomic mass is 19.1. The largest absolute Gasteiger partial charge is 0.378 e. The van der Waals surface area contributed by atoms with E-state index < -0.39 is 0 Å². The highest BCUT2D eigenvalue weighted by Gasteiger charge is 2.25. The Morgan fingerprint density at radius 1 is 1.23 bits per heavy atom. The molecule has 2 N–H and O–H groups in total. The van der Waals surface area contributed by atoms with Gasteiger partial charge in [0.15, 0.2) is 17.6 Å². The number of unbranched alkanes of at least 4 members (excludes halogenated alkanes) is 2. The van der Waals surface area contributed by atoms with E-state index in [9.17, 15) is 4.39 Å². The van der Waals surface area contributed by atoms with E-state index in [0.29, 0.717) is 11.9 Å². The highest BCUT2D eigenvalue weighted by molar-refractivity contribution is 5.80. The molecule has 30 heavy (non-hydrogen) atoms. The Balaban J connectivity index is 1.33. The van der Waals surface area contributed by atoms with Gasteiger partial charge in [-0.25, -0.2) is 9.37 Å². The number of rotatable bonds is 10. The summed E-state index contributed by atoms with van der Waals surface area (Å²) in [6.07, 6.45) is 12.9. The second kappa shape index (κ2) is 12.7. The topological polar surface area (TPSA) is 61.8 Å². The zero-order valence-corrected chi connectivity index (χ0v) is 18.4. The summed E-state index contributed by atoms with van der Waals surface area (Å²) in [5.41, 5.74) is 0. The summed E-state index contributed by atoms with van der Waals surface area (Å²) in [4.78, 5) is 10.9. The molecule has 1 aliphatic carbocycles. The van der Waals surface area contributed by atoms with Crippen LogP contribution in [0.3, 0.4) is 0 Å². The number of ether oxygens (including phenoxy) is 1. The van der Waals surface area contributed by atoms with Crippen LogP contribution in [0.4, 0.5) is 10.2 Å². The highest BCUT2D eigenvalue weighted by Crippen LogP contribution is 2.21. The summed E-state index contributed by atoms with van der Waals surface area (Å²) in [5, 5.41) is 6.83. The van der Waals surface area contributed by atoms with Crippen LogP contribution in [0.5, 0.6) is 0 Å². The number of aromatic nitrogens is 1. The number of halogens is 1. The van der Waals surface area contributed by atoms with Crippen molar-refractivity contribution in [1.29, 1.82) is 0 Å². The van der Waals surface area contributed by atoms with Crippen LogP contribution in [0.1, 0.15) is 64.7 Å². The minimum Gasteiger partial charge on any atom is -0.378 e. The smallest absolute Gasteiger partial charge is 0.191 e. The van der Waals surface area contributed by atoms with Gasteiger partial charge in [0.2, 0.25) is 0 Å². The maximum Gasteiger partial charge on any atom is 0.191 e. The number of hydrogen-bond acceptors (Lipinski definition) is 4. The summed E-state index contributed by atoms with van der Waals surface area (Å²) >= 11 is 0. The molecule has 2 fully saturated rings. The number of nitrogens with one attached hydrogen (secondary N) is 2.